The minimum Gasteiger partial charge on any atom is -0.377 e. The molecule has 1 aromatic carbocycles. The number of nitrogens with zero attached hydrogens (tertiary/aromatic N) is 1. The maximum Gasteiger partial charge on any atom is 0.254 e. The molecule has 1 atom stereocenters. The SMILES string of the molecule is CC(C)NC(=O)C1COCCN1C(=O)c1ccc(I)cc1. The molecule has 114 valence electrons. The largest absolute Gasteiger partial charge is 0.377 e. The fraction of sp³-hybridized carbons (Fsp3) is 0.467. The summed E-state index contributed by atoms with van der Waals surface area (Å²) in [5, 5.41) is 2.84. The van der Waals surface area contributed by atoms with Crippen molar-refractivity contribution in [3.8, 4) is 0 Å². The maximum absolute atomic E-state index is 12.6. The van der Waals surface area contributed by atoms with Crippen molar-refractivity contribution in [2.75, 3.05) is 19.8 Å². The third-order valence-corrected chi connectivity index (χ3v) is 3.93. The molecule has 1 aliphatic rings. The van der Waals surface area contributed by atoms with Gasteiger partial charge in [-0.2, -0.15) is 0 Å². The molecule has 1 fully saturated rings. The number of morpholine rings is 1. The standard InChI is InChI=1S/C15H19IN2O3/c1-10(2)17-14(19)13-9-21-8-7-18(13)15(20)11-3-5-12(16)6-4-11/h3-6,10,13H,7-9H2,1-2H3,(H,17,19). The highest BCUT2D eigenvalue weighted by Crippen LogP contribution is 2.14. The summed E-state index contributed by atoms with van der Waals surface area (Å²) >= 11 is 2.19. The Kier molecular flexibility index (Phi) is 5.58. The van der Waals surface area contributed by atoms with Crippen LogP contribution in [0.15, 0.2) is 24.3 Å². The molecule has 5 nitrogen and oxygen atoms in total. The van der Waals surface area contributed by atoms with Crippen LogP contribution in [-0.2, 0) is 9.53 Å². The van der Waals surface area contributed by atoms with Gasteiger partial charge in [-0.1, -0.05) is 0 Å². The number of hydrogen-bond donors (Lipinski definition) is 1. The van der Waals surface area contributed by atoms with E-state index in [1.807, 2.05) is 26.0 Å². The third-order valence-electron chi connectivity index (χ3n) is 3.21. The van der Waals surface area contributed by atoms with Crippen LogP contribution in [0, 0.1) is 3.57 Å². The summed E-state index contributed by atoms with van der Waals surface area (Å²) < 4.78 is 6.43. The molecule has 1 heterocycles. The van der Waals surface area contributed by atoms with Gasteiger partial charge in [0.1, 0.15) is 6.04 Å². The van der Waals surface area contributed by atoms with E-state index in [0.717, 1.165) is 3.57 Å². The lowest BCUT2D eigenvalue weighted by Gasteiger charge is -2.35. The highest BCUT2D eigenvalue weighted by molar-refractivity contribution is 14.1. The normalized spacial score (nSPS) is 18.7. The van der Waals surface area contributed by atoms with Crippen molar-refractivity contribution in [1.29, 1.82) is 0 Å². The van der Waals surface area contributed by atoms with E-state index in [2.05, 4.69) is 27.9 Å². The number of carbonyl (C=O) groups excluding carboxylic acids is 2. The molecule has 6 heteroatoms. The van der Waals surface area contributed by atoms with E-state index in [1.54, 1.807) is 17.0 Å². The maximum atomic E-state index is 12.6. The molecule has 1 aliphatic heterocycles. The smallest absolute Gasteiger partial charge is 0.254 e. The fourth-order valence-corrected chi connectivity index (χ4v) is 2.56. The van der Waals surface area contributed by atoms with Gasteiger partial charge in [0, 0.05) is 21.7 Å². The molecule has 1 aromatic rings. The van der Waals surface area contributed by atoms with Gasteiger partial charge in [0.2, 0.25) is 5.91 Å². The molecule has 1 saturated heterocycles. The third kappa shape index (κ3) is 4.16. The van der Waals surface area contributed by atoms with Gasteiger partial charge >= 0.3 is 0 Å². The summed E-state index contributed by atoms with van der Waals surface area (Å²) in [7, 11) is 0. The van der Waals surface area contributed by atoms with Gasteiger partial charge in [0.05, 0.1) is 13.2 Å². The number of benzene rings is 1. The van der Waals surface area contributed by atoms with E-state index in [9.17, 15) is 9.59 Å². The molecule has 21 heavy (non-hydrogen) atoms. The van der Waals surface area contributed by atoms with Gasteiger partial charge in [-0.3, -0.25) is 9.59 Å². The Hall–Kier alpha value is -1.15. The van der Waals surface area contributed by atoms with Crippen molar-refractivity contribution in [2.24, 2.45) is 0 Å². The number of carbonyl (C=O) groups is 2. The second kappa shape index (κ2) is 7.22. The highest BCUT2D eigenvalue weighted by Gasteiger charge is 2.33. The molecule has 2 rings (SSSR count). The summed E-state index contributed by atoms with van der Waals surface area (Å²) in [6.45, 7) is 4.93. The topological polar surface area (TPSA) is 58.6 Å². The molecule has 1 unspecified atom stereocenters. The minimum atomic E-state index is -0.562. The summed E-state index contributed by atoms with van der Waals surface area (Å²) in [5.74, 6) is -0.290. The lowest BCUT2D eigenvalue weighted by atomic mass is 10.1. The number of amides is 2. The first-order chi connectivity index (χ1) is 9.99. The van der Waals surface area contributed by atoms with Gasteiger partial charge in [0.25, 0.3) is 5.91 Å². The van der Waals surface area contributed by atoms with Crippen molar-refractivity contribution in [3.63, 3.8) is 0 Å². The van der Waals surface area contributed by atoms with E-state index < -0.39 is 6.04 Å². The average molecular weight is 402 g/mol. The highest BCUT2D eigenvalue weighted by atomic mass is 127. The van der Waals surface area contributed by atoms with E-state index in [-0.39, 0.29) is 24.5 Å². The van der Waals surface area contributed by atoms with Gasteiger partial charge in [-0.25, -0.2) is 0 Å². The summed E-state index contributed by atoms with van der Waals surface area (Å²) in [6.07, 6.45) is 0. The Morgan fingerprint density at radius 2 is 2.00 bits per heavy atom. The first-order valence-corrected chi connectivity index (χ1v) is 8.01. The second-order valence-corrected chi connectivity index (χ2v) is 6.51. The second-order valence-electron chi connectivity index (χ2n) is 5.26. The number of halogens is 1. The predicted octanol–water partition coefficient (Wildman–Crippen LogP) is 1.66. The van der Waals surface area contributed by atoms with E-state index >= 15 is 0 Å². The molecule has 0 radical (unpaired) electrons. The van der Waals surface area contributed by atoms with Crippen molar-refractivity contribution < 1.29 is 14.3 Å². The molecule has 0 bridgehead atoms. The Morgan fingerprint density at radius 1 is 1.33 bits per heavy atom. The summed E-state index contributed by atoms with van der Waals surface area (Å²) in [4.78, 5) is 26.4. The lowest BCUT2D eigenvalue weighted by Crippen LogP contribution is -2.56. The van der Waals surface area contributed by atoms with Gasteiger partial charge in [0.15, 0.2) is 0 Å². The van der Waals surface area contributed by atoms with Crippen LogP contribution in [0.3, 0.4) is 0 Å². The van der Waals surface area contributed by atoms with Crippen LogP contribution in [0.5, 0.6) is 0 Å². The van der Waals surface area contributed by atoms with Crippen LogP contribution in [0.1, 0.15) is 24.2 Å². The Bertz CT molecular complexity index is 516. The van der Waals surface area contributed by atoms with E-state index in [0.29, 0.717) is 18.7 Å². The molecular formula is C15H19IN2O3. The van der Waals surface area contributed by atoms with Crippen LogP contribution in [-0.4, -0.2) is 48.6 Å². The molecule has 2 amide bonds. The van der Waals surface area contributed by atoms with Gasteiger partial charge in [-0.15, -0.1) is 0 Å². The summed E-state index contributed by atoms with van der Waals surface area (Å²) in [5.41, 5.74) is 0.597. The zero-order valence-corrected chi connectivity index (χ0v) is 14.3. The van der Waals surface area contributed by atoms with Crippen LogP contribution in [0.2, 0.25) is 0 Å². The summed E-state index contributed by atoms with van der Waals surface area (Å²) in [6, 6.07) is 6.82. The molecule has 0 spiro atoms. The first kappa shape index (κ1) is 16.2. The van der Waals surface area contributed by atoms with Crippen LogP contribution in [0.4, 0.5) is 0 Å². The number of nitrogens with one attached hydrogen (secondary N) is 1. The van der Waals surface area contributed by atoms with E-state index in [1.165, 1.54) is 0 Å². The predicted molar refractivity (Wildman–Crippen MR) is 88.1 cm³/mol. The average Bonchev–Trinajstić information content (AvgIpc) is 2.46. The molecule has 0 aliphatic carbocycles. The zero-order chi connectivity index (χ0) is 15.4. The van der Waals surface area contributed by atoms with Crippen LogP contribution >= 0.6 is 22.6 Å². The van der Waals surface area contributed by atoms with Crippen molar-refractivity contribution in [1.82, 2.24) is 10.2 Å². The number of rotatable bonds is 3. The van der Waals surface area contributed by atoms with Crippen molar-refractivity contribution in [2.45, 2.75) is 25.9 Å². The fourth-order valence-electron chi connectivity index (χ4n) is 2.20. The Labute approximate surface area is 138 Å². The minimum absolute atomic E-state index is 0.0367. The van der Waals surface area contributed by atoms with Gasteiger partial charge < -0.3 is 15.0 Å². The quantitative estimate of drug-likeness (QED) is 0.783. The Balaban J connectivity index is 2.16. The van der Waals surface area contributed by atoms with Crippen LogP contribution in [0.25, 0.3) is 0 Å². The zero-order valence-electron chi connectivity index (χ0n) is 12.1. The molecular weight excluding hydrogens is 383 g/mol. The number of hydrogen-bond acceptors (Lipinski definition) is 3. The number of ether oxygens (including phenoxy) is 1. The molecule has 0 aromatic heterocycles. The van der Waals surface area contributed by atoms with Crippen molar-refractivity contribution in [3.05, 3.63) is 33.4 Å². The van der Waals surface area contributed by atoms with Crippen molar-refractivity contribution >= 4 is 34.4 Å². The van der Waals surface area contributed by atoms with E-state index in [4.69, 9.17) is 4.74 Å². The van der Waals surface area contributed by atoms with Gasteiger partial charge in [-0.05, 0) is 60.7 Å². The Morgan fingerprint density at radius 3 is 2.62 bits per heavy atom. The van der Waals surface area contributed by atoms with Crippen LogP contribution < -0.4 is 5.32 Å². The molecule has 1 N–H and O–H groups in total. The molecule has 0 saturated carbocycles. The monoisotopic (exact) mass is 402 g/mol. The first-order valence-electron chi connectivity index (χ1n) is 6.93. The lowest BCUT2D eigenvalue weighted by molar-refractivity contribution is -0.131.